The number of hydrogen-bond acceptors (Lipinski definition) is 7. The van der Waals surface area contributed by atoms with Crippen LogP contribution in [0, 0.1) is 28.6 Å². The van der Waals surface area contributed by atoms with Gasteiger partial charge in [-0.05, 0) is 86.2 Å². The molecule has 0 aromatic carbocycles. The van der Waals surface area contributed by atoms with Crippen molar-refractivity contribution in [1.82, 2.24) is 0 Å². The van der Waals surface area contributed by atoms with E-state index in [0.29, 0.717) is 24.2 Å². The van der Waals surface area contributed by atoms with Crippen LogP contribution in [-0.4, -0.2) is 35.9 Å². The lowest BCUT2D eigenvalue weighted by Crippen LogP contribution is -2.58. The molecular weight excluding hydrogens is 496 g/mol. The lowest BCUT2D eigenvalue weighted by Gasteiger charge is -2.61. The van der Waals surface area contributed by atoms with Crippen molar-refractivity contribution in [3.63, 3.8) is 0 Å². The highest BCUT2D eigenvalue weighted by Crippen LogP contribution is 2.78. The van der Waals surface area contributed by atoms with Crippen LogP contribution in [0.2, 0.25) is 0 Å². The van der Waals surface area contributed by atoms with E-state index in [1.54, 1.807) is 6.26 Å². The van der Waals surface area contributed by atoms with Crippen LogP contribution in [0.25, 0.3) is 0 Å². The van der Waals surface area contributed by atoms with E-state index in [4.69, 9.17) is 18.6 Å². The molecule has 1 spiro atoms. The van der Waals surface area contributed by atoms with Gasteiger partial charge in [0.05, 0.1) is 6.26 Å². The number of carbonyl (C=O) groups excluding carboxylic acids is 2. The van der Waals surface area contributed by atoms with Crippen molar-refractivity contribution in [2.45, 2.75) is 128 Å². The Morgan fingerprint density at radius 3 is 2.56 bits per heavy atom. The molecule has 4 saturated carbocycles. The largest absolute Gasteiger partial charge is 0.463 e. The van der Waals surface area contributed by atoms with Gasteiger partial charge in [0.25, 0.3) is 0 Å². The second-order valence-electron chi connectivity index (χ2n) is 13.6. The molecule has 214 valence electrons. The summed E-state index contributed by atoms with van der Waals surface area (Å²) < 4.78 is 24.1. The molecule has 1 aliphatic heterocycles. The van der Waals surface area contributed by atoms with E-state index in [2.05, 4.69) is 20.8 Å². The zero-order chi connectivity index (χ0) is 27.6. The van der Waals surface area contributed by atoms with Crippen molar-refractivity contribution < 1.29 is 28.2 Å². The highest BCUT2D eigenvalue weighted by molar-refractivity contribution is 5.70. The first-order valence-electron chi connectivity index (χ1n) is 15.3. The Hall–Kier alpha value is -2.15. The van der Waals surface area contributed by atoms with E-state index in [9.17, 15) is 14.4 Å². The van der Waals surface area contributed by atoms with Gasteiger partial charge >= 0.3 is 17.6 Å². The Balaban J connectivity index is 1.30. The highest BCUT2D eigenvalue weighted by atomic mass is 16.7. The fraction of sp³-hybridized carbons (Fsp3) is 0.781. The minimum Gasteiger partial charge on any atom is -0.463 e. The fourth-order valence-corrected chi connectivity index (χ4v) is 9.96. The van der Waals surface area contributed by atoms with Crippen LogP contribution in [0.15, 0.2) is 27.6 Å². The predicted octanol–water partition coefficient (Wildman–Crippen LogP) is 5.93. The summed E-state index contributed by atoms with van der Waals surface area (Å²) in [6.07, 6.45) is 11.7. The van der Waals surface area contributed by atoms with Gasteiger partial charge in [-0.2, -0.15) is 0 Å². The lowest BCUT2D eigenvalue weighted by molar-refractivity contribution is -0.167. The number of ether oxygens (including phenoxy) is 3. The fourth-order valence-electron chi connectivity index (χ4n) is 9.96. The standard InChI is InChI=1S/C32H44O7/c1-5-6-7-8-26(35)38-28-27(20-9-12-25(34)36-18-20)31(4)16-14-23-24(32(31)29(28)39-32)11-10-21-17-22(37-19(2)33)13-15-30(21,23)3/h9,12,18,21-24,27-29H,5-8,10-11,13-17H2,1-4H3. The summed E-state index contributed by atoms with van der Waals surface area (Å²) in [6.45, 7) is 8.44. The van der Waals surface area contributed by atoms with E-state index in [1.807, 2.05) is 6.07 Å². The molecular formula is C32H44O7. The van der Waals surface area contributed by atoms with Gasteiger partial charge in [-0.1, -0.05) is 33.6 Å². The topological polar surface area (TPSA) is 95.3 Å². The summed E-state index contributed by atoms with van der Waals surface area (Å²) in [5.74, 6) is 1.07. The molecule has 7 heteroatoms. The van der Waals surface area contributed by atoms with E-state index in [1.165, 1.54) is 13.0 Å². The predicted molar refractivity (Wildman–Crippen MR) is 144 cm³/mol. The first-order valence-corrected chi connectivity index (χ1v) is 15.3. The Bertz CT molecular complexity index is 1150. The maximum atomic E-state index is 13.0. The molecule has 7 nitrogen and oxygen atoms in total. The number of fused-ring (bicyclic) bond motifs is 3. The highest BCUT2D eigenvalue weighted by Gasteiger charge is 2.84. The summed E-state index contributed by atoms with van der Waals surface area (Å²) in [4.78, 5) is 36.5. The van der Waals surface area contributed by atoms with Crippen LogP contribution in [0.5, 0.6) is 0 Å². The van der Waals surface area contributed by atoms with E-state index in [0.717, 1.165) is 69.8 Å². The number of rotatable bonds is 7. The Kier molecular flexibility index (Phi) is 6.76. The molecule has 10 unspecified atom stereocenters. The van der Waals surface area contributed by atoms with E-state index in [-0.39, 0.29) is 58.2 Å². The zero-order valence-electron chi connectivity index (χ0n) is 23.9. The number of carbonyl (C=O) groups is 2. The molecule has 10 atom stereocenters. The number of hydrogen-bond donors (Lipinski definition) is 0. The normalized spacial score (nSPS) is 43.8. The van der Waals surface area contributed by atoms with Crippen LogP contribution in [0.4, 0.5) is 0 Å². The van der Waals surface area contributed by atoms with Crippen molar-refractivity contribution in [2.75, 3.05) is 0 Å². The Morgan fingerprint density at radius 1 is 1.03 bits per heavy atom. The van der Waals surface area contributed by atoms with E-state index < -0.39 is 0 Å². The second kappa shape index (κ2) is 9.74. The third-order valence-corrected chi connectivity index (χ3v) is 11.7. The monoisotopic (exact) mass is 540 g/mol. The van der Waals surface area contributed by atoms with Gasteiger partial charge in [0.1, 0.15) is 23.9 Å². The van der Waals surface area contributed by atoms with Crippen LogP contribution in [0.1, 0.15) is 110 Å². The molecule has 6 rings (SSSR count). The molecule has 39 heavy (non-hydrogen) atoms. The van der Waals surface area contributed by atoms with Crippen LogP contribution in [0.3, 0.4) is 0 Å². The average molecular weight is 541 g/mol. The molecule has 1 saturated heterocycles. The molecule has 0 radical (unpaired) electrons. The van der Waals surface area contributed by atoms with Crippen molar-refractivity contribution in [3.05, 3.63) is 34.4 Å². The molecule has 0 bridgehead atoms. The SMILES string of the molecule is CCCCCC(=O)OC1C(c2ccc(=O)oc2)C2(C)CCC3C(CCC4CC(OC(C)=O)CCC43C)C23OC13. The third kappa shape index (κ3) is 4.12. The average Bonchev–Trinajstić information content (AvgIpc) is 3.59. The smallest absolute Gasteiger partial charge is 0.335 e. The summed E-state index contributed by atoms with van der Waals surface area (Å²) in [7, 11) is 0. The van der Waals surface area contributed by atoms with Gasteiger partial charge in [0.15, 0.2) is 0 Å². The zero-order valence-corrected chi connectivity index (χ0v) is 23.9. The van der Waals surface area contributed by atoms with Gasteiger partial charge in [-0.3, -0.25) is 9.59 Å². The molecule has 0 amide bonds. The van der Waals surface area contributed by atoms with Crippen molar-refractivity contribution in [1.29, 1.82) is 0 Å². The minimum atomic E-state index is -0.374. The number of epoxide rings is 1. The summed E-state index contributed by atoms with van der Waals surface area (Å²) >= 11 is 0. The minimum absolute atomic E-state index is 0.0363. The second-order valence-corrected chi connectivity index (χ2v) is 13.6. The van der Waals surface area contributed by atoms with Crippen LogP contribution >= 0.6 is 0 Å². The maximum absolute atomic E-state index is 13.0. The molecule has 0 N–H and O–H groups in total. The van der Waals surface area contributed by atoms with Crippen LogP contribution in [-0.2, 0) is 23.8 Å². The molecule has 1 aromatic heterocycles. The molecule has 4 aliphatic carbocycles. The van der Waals surface area contributed by atoms with Gasteiger partial charge in [0, 0.05) is 30.7 Å². The molecule has 2 heterocycles. The van der Waals surface area contributed by atoms with Gasteiger partial charge in [-0.25, -0.2) is 4.79 Å². The Morgan fingerprint density at radius 2 is 1.85 bits per heavy atom. The summed E-state index contributed by atoms with van der Waals surface area (Å²) in [6, 6.07) is 3.34. The maximum Gasteiger partial charge on any atom is 0.335 e. The van der Waals surface area contributed by atoms with Gasteiger partial charge in [0.2, 0.25) is 0 Å². The molecule has 1 aromatic rings. The lowest BCUT2D eigenvalue weighted by atomic mass is 9.44. The van der Waals surface area contributed by atoms with Crippen molar-refractivity contribution in [3.8, 4) is 0 Å². The van der Waals surface area contributed by atoms with E-state index >= 15 is 0 Å². The summed E-state index contributed by atoms with van der Waals surface area (Å²) in [5, 5.41) is 0. The third-order valence-electron chi connectivity index (χ3n) is 11.7. The van der Waals surface area contributed by atoms with Crippen molar-refractivity contribution in [2.24, 2.45) is 28.6 Å². The summed E-state index contributed by atoms with van der Waals surface area (Å²) in [5.41, 5.74) is 0.206. The van der Waals surface area contributed by atoms with Crippen molar-refractivity contribution >= 4 is 11.9 Å². The van der Waals surface area contributed by atoms with Crippen LogP contribution < -0.4 is 5.63 Å². The number of esters is 2. The first kappa shape index (κ1) is 27.0. The van der Waals surface area contributed by atoms with Gasteiger partial charge < -0.3 is 18.6 Å². The van der Waals surface area contributed by atoms with Gasteiger partial charge in [-0.15, -0.1) is 0 Å². The first-order chi connectivity index (χ1) is 18.6. The molecule has 5 fully saturated rings. The quantitative estimate of drug-likeness (QED) is 0.240. The number of unbranched alkanes of at least 4 members (excludes halogenated alkanes) is 2. The Labute approximate surface area is 231 Å². The molecule has 5 aliphatic rings.